The maximum atomic E-state index is 11.3. The number of benzene rings is 3. The van der Waals surface area contributed by atoms with E-state index in [1.54, 1.807) is 11.6 Å². The molecule has 1 aliphatic heterocycles. The molecule has 1 aromatic heterocycles. The van der Waals surface area contributed by atoms with Crippen LogP contribution in [-0.4, -0.2) is 49.9 Å². The summed E-state index contributed by atoms with van der Waals surface area (Å²) in [6.45, 7) is 4.00. The lowest BCUT2D eigenvalue weighted by atomic mass is 9.99. The van der Waals surface area contributed by atoms with Crippen LogP contribution >= 0.6 is 0 Å². The van der Waals surface area contributed by atoms with Crippen LogP contribution < -0.4 is 5.73 Å². The SMILES string of the molecule is Cc1nc(C(N)=O)nn1-c1ccc(Cc2ccc(-c3ccc(CN4CCC[C@@H]4CO)cc3)cc2)cc1. The highest BCUT2D eigenvalue weighted by molar-refractivity contribution is 5.88. The quantitative estimate of drug-likeness (QED) is 0.398. The molecule has 1 aliphatic rings. The second-order valence-corrected chi connectivity index (χ2v) is 9.44. The van der Waals surface area contributed by atoms with Crippen molar-refractivity contribution in [1.82, 2.24) is 19.7 Å². The predicted octanol–water partition coefficient (Wildman–Crippen LogP) is 3.89. The molecule has 4 aromatic rings. The van der Waals surface area contributed by atoms with E-state index >= 15 is 0 Å². The number of likely N-dealkylation sites (tertiary alicyclic amines) is 1. The second kappa shape index (κ2) is 10.4. The highest BCUT2D eigenvalue weighted by Gasteiger charge is 2.23. The molecule has 0 aliphatic carbocycles. The van der Waals surface area contributed by atoms with Crippen molar-refractivity contribution < 1.29 is 9.90 Å². The lowest BCUT2D eigenvalue weighted by Crippen LogP contribution is -2.31. The van der Waals surface area contributed by atoms with E-state index in [0.717, 1.165) is 31.6 Å². The number of amides is 1. The Morgan fingerprint density at radius 1 is 0.944 bits per heavy atom. The number of aryl methyl sites for hydroxylation is 1. The molecule has 0 spiro atoms. The molecule has 1 fully saturated rings. The number of rotatable bonds is 8. The molecule has 0 bridgehead atoms. The maximum Gasteiger partial charge on any atom is 0.288 e. The summed E-state index contributed by atoms with van der Waals surface area (Å²) in [4.78, 5) is 17.8. The monoisotopic (exact) mass is 481 g/mol. The van der Waals surface area contributed by atoms with Gasteiger partial charge in [-0.2, -0.15) is 0 Å². The van der Waals surface area contributed by atoms with Crippen molar-refractivity contribution in [2.75, 3.05) is 13.2 Å². The Morgan fingerprint density at radius 2 is 1.53 bits per heavy atom. The molecular formula is C29H31N5O2. The van der Waals surface area contributed by atoms with Crippen molar-refractivity contribution in [3.05, 3.63) is 101 Å². The molecule has 1 saturated heterocycles. The Kier molecular flexibility index (Phi) is 6.93. The third-order valence-electron chi connectivity index (χ3n) is 6.92. The first kappa shape index (κ1) is 23.9. The van der Waals surface area contributed by atoms with Gasteiger partial charge in [-0.25, -0.2) is 9.67 Å². The highest BCUT2D eigenvalue weighted by atomic mass is 16.3. The van der Waals surface area contributed by atoms with E-state index in [9.17, 15) is 9.90 Å². The van der Waals surface area contributed by atoms with Gasteiger partial charge in [-0.1, -0.05) is 60.7 Å². The molecule has 36 heavy (non-hydrogen) atoms. The summed E-state index contributed by atoms with van der Waals surface area (Å²) in [5, 5.41) is 13.7. The number of hydrogen-bond acceptors (Lipinski definition) is 5. The van der Waals surface area contributed by atoms with Crippen LogP contribution in [0.25, 0.3) is 16.8 Å². The van der Waals surface area contributed by atoms with Gasteiger partial charge in [0.2, 0.25) is 5.82 Å². The highest BCUT2D eigenvalue weighted by Crippen LogP contribution is 2.24. The van der Waals surface area contributed by atoms with Crippen molar-refractivity contribution in [3.63, 3.8) is 0 Å². The second-order valence-electron chi connectivity index (χ2n) is 9.44. The van der Waals surface area contributed by atoms with Crippen LogP contribution in [0.4, 0.5) is 0 Å². The average Bonchev–Trinajstić information content (AvgIpc) is 3.52. The Bertz CT molecular complexity index is 1330. The molecule has 0 unspecified atom stereocenters. The van der Waals surface area contributed by atoms with Gasteiger partial charge >= 0.3 is 0 Å². The molecule has 5 rings (SSSR count). The molecule has 0 saturated carbocycles. The van der Waals surface area contributed by atoms with Gasteiger partial charge in [0, 0.05) is 12.6 Å². The minimum absolute atomic E-state index is 0.0215. The van der Waals surface area contributed by atoms with Crippen LogP contribution in [0.5, 0.6) is 0 Å². The first-order valence-corrected chi connectivity index (χ1v) is 12.4. The standard InChI is InChI=1S/C29H31N5O2/c1-20-31-29(28(30)36)32-34(20)26-14-8-22(9-15-26)17-21-4-10-24(11-5-21)25-12-6-23(7-13-25)18-33-16-2-3-27(33)19-35/h4-15,27,35H,2-3,16-19H2,1H3,(H2,30,36)/t27-/m1/s1. The Hall–Kier alpha value is -3.81. The number of hydrogen-bond donors (Lipinski definition) is 2. The number of nitrogens with zero attached hydrogens (tertiary/aromatic N) is 4. The molecule has 7 heteroatoms. The normalized spacial score (nSPS) is 15.9. The minimum atomic E-state index is -0.633. The summed E-state index contributed by atoms with van der Waals surface area (Å²) in [5.41, 5.74) is 12.2. The molecule has 184 valence electrons. The zero-order valence-electron chi connectivity index (χ0n) is 20.5. The number of carbonyl (C=O) groups is 1. The van der Waals surface area contributed by atoms with Gasteiger partial charge in [-0.3, -0.25) is 9.69 Å². The number of aliphatic hydroxyl groups excluding tert-OH is 1. The van der Waals surface area contributed by atoms with Crippen molar-refractivity contribution in [3.8, 4) is 16.8 Å². The summed E-state index contributed by atoms with van der Waals surface area (Å²) in [5.74, 6) is 0.00457. The molecule has 0 radical (unpaired) electrons. The van der Waals surface area contributed by atoms with Gasteiger partial charge in [-0.15, -0.1) is 5.10 Å². The fourth-order valence-electron chi connectivity index (χ4n) is 4.89. The number of carbonyl (C=O) groups excluding carboxylic acids is 1. The molecular weight excluding hydrogens is 450 g/mol. The van der Waals surface area contributed by atoms with Crippen LogP contribution in [0.2, 0.25) is 0 Å². The lowest BCUT2D eigenvalue weighted by Gasteiger charge is -2.22. The third-order valence-corrected chi connectivity index (χ3v) is 6.92. The Labute approximate surface area is 211 Å². The van der Waals surface area contributed by atoms with Crippen LogP contribution in [0.15, 0.2) is 72.8 Å². The maximum absolute atomic E-state index is 11.3. The van der Waals surface area contributed by atoms with E-state index in [0.29, 0.717) is 11.9 Å². The molecule has 7 nitrogen and oxygen atoms in total. The van der Waals surface area contributed by atoms with Crippen LogP contribution in [0, 0.1) is 6.92 Å². The topological polar surface area (TPSA) is 97.3 Å². The van der Waals surface area contributed by atoms with Crippen LogP contribution in [-0.2, 0) is 13.0 Å². The van der Waals surface area contributed by atoms with Gasteiger partial charge in [0.25, 0.3) is 5.91 Å². The Balaban J connectivity index is 1.22. The van der Waals surface area contributed by atoms with Gasteiger partial charge in [-0.05, 0) is 72.7 Å². The largest absolute Gasteiger partial charge is 0.395 e. The number of primary amides is 1. The van der Waals surface area contributed by atoms with Gasteiger partial charge in [0.15, 0.2) is 0 Å². The van der Waals surface area contributed by atoms with E-state index in [4.69, 9.17) is 5.73 Å². The van der Waals surface area contributed by atoms with Gasteiger partial charge < -0.3 is 10.8 Å². The summed E-state index contributed by atoms with van der Waals surface area (Å²) in [6, 6.07) is 25.8. The summed E-state index contributed by atoms with van der Waals surface area (Å²) >= 11 is 0. The first-order valence-electron chi connectivity index (χ1n) is 12.4. The summed E-state index contributed by atoms with van der Waals surface area (Å²) in [7, 11) is 0. The van der Waals surface area contributed by atoms with E-state index in [-0.39, 0.29) is 12.4 Å². The van der Waals surface area contributed by atoms with E-state index in [1.807, 2.05) is 12.1 Å². The number of aromatic nitrogens is 3. The van der Waals surface area contributed by atoms with E-state index < -0.39 is 5.91 Å². The minimum Gasteiger partial charge on any atom is -0.395 e. The van der Waals surface area contributed by atoms with Crippen molar-refractivity contribution >= 4 is 5.91 Å². The molecule has 3 N–H and O–H groups in total. The average molecular weight is 482 g/mol. The van der Waals surface area contributed by atoms with Crippen LogP contribution in [0.1, 0.15) is 46.0 Å². The van der Waals surface area contributed by atoms with Crippen molar-refractivity contribution in [2.24, 2.45) is 5.73 Å². The predicted molar refractivity (Wildman–Crippen MR) is 140 cm³/mol. The summed E-state index contributed by atoms with van der Waals surface area (Å²) in [6.07, 6.45) is 3.08. The lowest BCUT2D eigenvalue weighted by molar-refractivity contribution is 0.0990. The molecule has 3 aromatic carbocycles. The molecule has 2 heterocycles. The third kappa shape index (κ3) is 5.22. The van der Waals surface area contributed by atoms with Crippen molar-refractivity contribution in [1.29, 1.82) is 0 Å². The fraction of sp³-hybridized carbons (Fsp3) is 0.276. The van der Waals surface area contributed by atoms with Crippen molar-refractivity contribution in [2.45, 2.75) is 38.8 Å². The zero-order chi connectivity index (χ0) is 25.1. The molecule has 1 atom stereocenters. The Morgan fingerprint density at radius 3 is 2.08 bits per heavy atom. The first-order chi connectivity index (χ1) is 17.5. The van der Waals surface area contributed by atoms with Gasteiger partial charge in [0.05, 0.1) is 12.3 Å². The summed E-state index contributed by atoms with van der Waals surface area (Å²) < 4.78 is 1.63. The fourth-order valence-corrected chi connectivity index (χ4v) is 4.89. The van der Waals surface area contributed by atoms with Gasteiger partial charge in [0.1, 0.15) is 5.82 Å². The van der Waals surface area contributed by atoms with Crippen LogP contribution in [0.3, 0.4) is 0 Å². The van der Waals surface area contributed by atoms with E-state index in [1.165, 1.54) is 34.2 Å². The van der Waals surface area contributed by atoms with E-state index in [2.05, 4.69) is 75.6 Å². The molecule has 1 amide bonds. The number of aliphatic hydroxyl groups is 1. The smallest absolute Gasteiger partial charge is 0.288 e. The zero-order valence-corrected chi connectivity index (χ0v) is 20.5. The number of nitrogens with two attached hydrogens (primary N) is 1.